The molecule has 3 aliphatic heterocycles. The maximum Gasteiger partial charge on any atom is 0.313 e. The molecule has 3 saturated heterocycles. The second-order valence-electron chi connectivity index (χ2n) is 14.1. The predicted octanol–water partition coefficient (Wildman–Crippen LogP) is 4.53. The zero-order valence-corrected chi connectivity index (χ0v) is 32.2. The number of likely N-dealkylation sites (tertiary alicyclic amines) is 1. The average Bonchev–Trinajstić information content (AvgIpc) is 3.77. The Bertz CT molecular complexity index is 1590. The molecule has 2 aromatic carbocycles. The van der Waals surface area contributed by atoms with Crippen LogP contribution in [-0.2, 0) is 39.8 Å². The summed E-state index contributed by atoms with van der Waals surface area (Å²) in [5, 5.41) is 13.8. The summed E-state index contributed by atoms with van der Waals surface area (Å²) in [4.78, 5) is 60.2. The molecule has 286 valence electrons. The van der Waals surface area contributed by atoms with E-state index in [9.17, 15) is 24.3 Å². The van der Waals surface area contributed by atoms with Crippen LogP contribution in [0.5, 0.6) is 0 Å². The molecule has 1 unspecified atom stereocenters. The summed E-state index contributed by atoms with van der Waals surface area (Å²) in [6.45, 7) is 9.98. The maximum atomic E-state index is 15.0. The second kappa shape index (κ2) is 18.5. The van der Waals surface area contributed by atoms with Gasteiger partial charge in [-0.2, -0.15) is 0 Å². The molecule has 0 aliphatic carbocycles. The standard InChI is InChI=1S/C41H52BrN3O8/c1-5-8-20-32(47)43-31(26-51-4)35(28-18-14-11-15-19-28)52-40(50)33-34-38(48)45(29(25-46)23-27-16-12-10-13-17-27)37(41(34)24-30(42)36(33)53-41)39(49)44(21-7-3)22-9-6-2/h5,7,10-19,29-31,33-37,46H,1,3,6,8-9,20-26H2,2,4H3,(H,43,47)/t29-,30?,31-,33+,34-,35-,36+,37+,41-/m1/s1. The number of fused-ring (bicyclic) bond motifs is 1. The van der Waals surface area contributed by atoms with Crippen molar-refractivity contribution < 1.29 is 38.5 Å². The van der Waals surface area contributed by atoms with Gasteiger partial charge in [-0.15, -0.1) is 13.2 Å². The van der Waals surface area contributed by atoms with E-state index in [1.165, 1.54) is 12.0 Å². The lowest BCUT2D eigenvalue weighted by Gasteiger charge is -2.39. The van der Waals surface area contributed by atoms with Crippen LogP contribution in [0.25, 0.3) is 0 Å². The van der Waals surface area contributed by atoms with Gasteiger partial charge < -0.3 is 34.4 Å². The highest BCUT2D eigenvalue weighted by Gasteiger charge is 2.77. The van der Waals surface area contributed by atoms with Crippen molar-refractivity contribution in [3.63, 3.8) is 0 Å². The molecular weight excluding hydrogens is 742 g/mol. The first kappa shape index (κ1) is 40.3. The van der Waals surface area contributed by atoms with E-state index in [0.29, 0.717) is 31.4 Å². The molecule has 0 saturated carbocycles. The number of esters is 1. The lowest BCUT2D eigenvalue weighted by molar-refractivity contribution is -0.163. The Labute approximate surface area is 320 Å². The van der Waals surface area contributed by atoms with E-state index in [4.69, 9.17) is 14.2 Å². The highest BCUT2D eigenvalue weighted by Crippen LogP contribution is 2.61. The molecule has 3 aliphatic rings. The van der Waals surface area contributed by atoms with E-state index < -0.39 is 66.3 Å². The van der Waals surface area contributed by atoms with Crippen molar-refractivity contribution in [2.45, 2.75) is 86.2 Å². The van der Waals surface area contributed by atoms with Gasteiger partial charge in [-0.3, -0.25) is 19.2 Å². The first-order chi connectivity index (χ1) is 25.6. The molecule has 2 aromatic rings. The molecule has 53 heavy (non-hydrogen) atoms. The van der Waals surface area contributed by atoms with Crippen molar-refractivity contribution in [2.75, 3.05) is 33.4 Å². The molecule has 3 amide bonds. The number of hydrogen-bond donors (Lipinski definition) is 2. The van der Waals surface area contributed by atoms with Crippen LogP contribution in [0, 0.1) is 11.8 Å². The zero-order valence-electron chi connectivity index (χ0n) is 30.6. The number of amides is 3. The third-order valence-corrected chi connectivity index (χ3v) is 11.4. The molecule has 2 bridgehead atoms. The van der Waals surface area contributed by atoms with Crippen molar-refractivity contribution in [3.8, 4) is 0 Å². The number of aliphatic hydroxyl groups is 1. The quantitative estimate of drug-likeness (QED) is 0.114. The number of benzene rings is 2. The normalized spacial score (nSPS) is 26.0. The van der Waals surface area contributed by atoms with Gasteiger partial charge in [-0.25, -0.2) is 0 Å². The SMILES string of the molecule is C=CCCC(=O)N[C@H](COC)[C@H](OC(=O)[C@@H]1[C@H]2O[C@@]3(CC2Br)[C@H](C(=O)N(CC=C)CCCC)N([C@@H](CO)Cc2ccccc2)C(=O)[C@@H]13)c1ccccc1. The minimum atomic E-state index is -1.36. The van der Waals surface area contributed by atoms with Crippen molar-refractivity contribution in [3.05, 3.63) is 97.1 Å². The fourth-order valence-electron chi connectivity index (χ4n) is 8.24. The summed E-state index contributed by atoms with van der Waals surface area (Å²) < 4.78 is 18.6. The van der Waals surface area contributed by atoms with Gasteiger partial charge in [0, 0.05) is 31.4 Å². The number of allylic oxidation sites excluding steroid dienone is 1. The van der Waals surface area contributed by atoms with E-state index >= 15 is 0 Å². The van der Waals surface area contributed by atoms with Gasteiger partial charge in [-0.05, 0) is 36.8 Å². The van der Waals surface area contributed by atoms with Gasteiger partial charge in [0.2, 0.25) is 17.7 Å². The van der Waals surface area contributed by atoms with Crippen molar-refractivity contribution in [2.24, 2.45) is 11.8 Å². The van der Waals surface area contributed by atoms with Crippen LogP contribution in [0.4, 0.5) is 0 Å². The number of alkyl halides is 1. The Morgan fingerprint density at radius 2 is 1.83 bits per heavy atom. The predicted molar refractivity (Wildman–Crippen MR) is 204 cm³/mol. The summed E-state index contributed by atoms with van der Waals surface area (Å²) in [6, 6.07) is 15.9. The van der Waals surface area contributed by atoms with E-state index in [1.807, 2.05) is 55.5 Å². The highest BCUT2D eigenvalue weighted by atomic mass is 79.9. The average molecular weight is 795 g/mol. The smallest absolute Gasteiger partial charge is 0.313 e. The van der Waals surface area contributed by atoms with E-state index in [-0.39, 0.29) is 36.2 Å². The number of halogens is 1. The summed E-state index contributed by atoms with van der Waals surface area (Å²) >= 11 is 3.75. The molecule has 2 N–H and O–H groups in total. The van der Waals surface area contributed by atoms with Crippen molar-refractivity contribution in [1.29, 1.82) is 0 Å². The van der Waals surface area contributed by atoms with E-state index in [0.717, 1.165) is 18.4 Å². The Kier molecular flexibility index (Phi) is 14.1. The second-order valence-corrected chi connectivity index (χ2v) is 15.3. The van der Waals surface area contributed by atoms with Gasteiger partial charge in [-0.1, -0.05) is 102 Å². The Morgan fingerprint density at radius 3 is 2.45 bits per heavy atom. The lowest BCUT2D eigenvalue weighted by atomic mass is 9.70. The number of aliphatic hydroxyl groups excluding tert-OH is 1. The van der Waals surface area contributed by atoms with Crippen molar-refractivity contribution >= 4 is 39.6 Å². The van der Waals surface area contributed by atoms with E-state index in [2.05, 4.69) is 34.4 Å². The molecule has 9 atom stereocenters. The van der Waals surface area contributed by atoms with Gasteiger partial charge in [0.25, 0.3) is 0 Å². The van der Waals surface area contributed by atoms with Crippen LogP contribution in [0.15, 0.2) is 86.0 Å². The van der Waals surface area contributed by atoms with Crippen molar-refractivity contribution in [1.82, 2.24) is 15.1 Å². The molecule has 12 heteroatoms. The van der Waals surface area contributed by atoms with Crippen LogP contribution >= 0.6 is 15.9 Å². The Hall–Kier alpha value is -3.84. The number of nitrogens with one attached hydrogen (secondary N) is 1. The molecule has 3 heterocycles. The fourth-order valence-corrected chi connectivity index (χ4v) is 9.18. The molecule has 1 spiro atoms. The fraction of sp³-hybridized carbons (Fsp3) is 0.512. The molecule has 11 nitrogen and oxygen atoms in total. The number of unbranched alkanes of at least 4 members (excludes halogenated alkanes) is 1. The van der Waals surface area contributed by atoms with Gasteiger partial charge in [0.05, 0.1) is 43.2 Å². The number of carbonyl (C=O) groups excluding carboxylic acids is 4. The summed E-state index contributed by atoms with van der Waals surface area (Å²) in [6.07, 6.45) is 4.45. The number of ether oxygens (including phenoxy) is 3. The number of carbonyl (C=O) groups is 4. The Morgan fingerprint density at radius 1 is 1.13 bits per heavy atom. The van der Waals surface area contributed by atoms with Gasteiger partial charge in [0.1, 0.15) is 17.7 Å². The van der Waals surface area contributed by atoms with Gasteiger partial charge in [0.15, 0.2) is 0 Å². The third-order valence-electron chi connectivity index (χ3n) is 10.6. The van der Waals surface area contributed by atoms with Gasteiger partial charge >= 0.3 is 5.97 Å². The lowest BCUT2D eigenvalue weighted by Crippen LogP contribution is -2.59. The molecule has 5 rings (SSSR count). The van der Waals surface area contributed by atoms with Crippen LogP contribution < -0.4 is 5.32 Å². The molecule has 0 aromatic heterocycles. The summed E-state index contributed by atoms with van der Waals surface area (Å²) in [5.74, 6) is -3.80. The number of rotatable bonds is 20. The maximum absolute atomic E-state index is 15.0. The third kappa shape index (κ3) is 8.46. The number of methoxy groups -OCH3 is 1. The van der Waals surface area contributed by atoms with E-state index in [1.54, 1.807) is 29.2 Å². The number of nitrogens with zero attached hydrogens (tertiary/aromatic N) is 2. The van der Waals surface area contributed by atoms with Crippen LogP contribution in [-0.4, -0.2) is 107 Å². The highest BCUT2D eigenvalue weighted by molar-refractivity contribution is 9.09. The Balaban J connectivity index is 1.55. The summed E-state index contributed by atoms with van der Waals surface area (Å²) in [5.41, 5.74) is 0.158. The minimum Gasteiger partial charge on any atom is -0.455 e. The number of hydrogen-bond acceptors (Lipinski definition) is 8. The first-order valence-corrected chi connectivity index (χ1v) is 19.4. The monoisotopic (exact) mass is 793 g/mol. The van der Waals surface area contributed by atoms with Crippen LogP contribution in [0.2, 0.25) is 0 Å². The molecule has 0 radical (unpaired) electrons. The zero-order chi connectivity index (χ0) is 38.1. The largest absolute Gasteiger partial charge is 0.455 e. The van der Waals surface area contributed by atoms with Crippen LogP contribution in [0.1, 0.15) is 56.3 Å². The topological polar surface area (TPSA) is 135 Å². The van der Waals surface area contributed by atoms with Crippen LogP contribution in [0.3, 0.4) is 0 Å². The minimum absolute atomic E-state index is 0.0452. The first-order valence-electron chi connectivity index (χ1n) is 18.5. The summed E-state index contributed by atoms with van der Waals surface area (Å²) in [7, 11) is 1.50. The molecule has 3 fully saturated rings. The molecular formula is C41H52BrN3O8.